The number of hydrogen-bond donors (Lipinski definition) is 2. The molecule has 0 amide bonds. The van der Waals surface area contributed by atoms with Gasteiger partial charge in [0.15, 0.2) is 10.9 Å². The van der Waals surface area contributed by atoms with E-state index in [0.29, 0.717) is 36.1 Å². The molecule has 23 heavy (non-hydrogen) atoms. The van der Waals surface area contributed by atoms with Crippen LogP contribution in [-0.2, 0) is 19.4 Å². The Balaban J connectivity index is 1.80. The number of aliphatic hydroxyl groups excluding tert-OH is 1. The van der Waals surface area contributed by atoms with E-state index in [9.17, 15) is 5.11 Å². The zero-order chi connectivity index (χ0) is 16.2. The number of hydrogen-bond acceptors (Lipinski definition) is 7. The quantitative estimate of drug-likeness (QED) is 0.686. The lowest BCUT2D eigenvalue weighted by atomic mass is 10.2. The van der Waals surface area contributed by atoms with Gasteiger partial charge >= 0.3 is 0 Å². The summed E-state index contributed by atoms with van der Waals surface area (Å²) < 4.78 is 7.11. The molecule has 0 saturated heterocycles. The average molecular weight is 333 g/mol. The molecule has 0 aliphatic heterocycles. The van der Waals surface area contributed by atoms with Crippen LogP contribution >= 0.6 is 11.3 Å². The topological polar surface area (TPSA) is 103 Å². The second kappa shape index (κ2) is 6.93. The number of nitrogen functional groups attached to an aromatic ring is 1. The molecule has 0 aromatic carbocycles. The third kappa shape index (κ3) is 3.77. The fourth-order valence-electron chi connectivity index (χ4n) is 2.22. The van der Waals surface area contributed by atoms with E-state index in [1.54, 1.807) is 17.0 Å². The Morgan fingerprint density at radius 3 is 2.91 bits per heavy atom. The third-order valence-corrected chi connectivity index (χ3v) is 4.24. The lowest BCUT2D eigenvalue weighted by molar-refractivity contribution is 0.144. The Morgan fingerprint density at radius 1 is 1.39 bits per heavy atom. The van der Waals surface area contributed by atoms with Crippen molar-refractivity contribution >= 4 is 16.5 Å². The molecule has 1 atom stereocenters. The molecule has 8 heteroatoms. The number of aliphatic hydroxyl groups is 1. The Bertz CT molecular complexity index is 750. The summed E-state index contributed by atoms with van der Waals surface area (Å²) >= 11 is 1.43. The number of furan rings is 1. The summed E-state index contributed by atoms with van der Waals surface area (Å²) in [5.41, 5.74) is 6.60. The molecule has 0 saturated carbocycles. The molecule has 0 aliphatic carbocycles. The Hall–Kier alpha value is -2.19. The van der Waals surface area contributed by atoms with E-state index in [0.717, 1.165) is 17.9 Å². The van der Waals surface area contributed by atoms with Gasteiger partial charge in [0.1, 0.15) is 5.82 Å². The van der Waals surface area contributed by atoms with Gasteiger partial charge in [-0.05, 0) is 25.0 Å². The van der Waals surface area contributed by atoms with Crippen LogP contribution < -0.4 is 5.73 Å². The molecule has 3 rings (SSSR count). The molecule has 7 nitrogen and oxygen atoms in total. The highest BCUT2D eigenvalue weighted by molar-refractivity contribution is 7.13. The smallest absolute Gasteiger partial charge is 0.217 e. The standard InChI is InChI=1S/C15H19N5O2S/c1-2-11(21)8-20-13(6-5-10-9-23-15(16)17-10)18-14(19-20)12-4-3-7-22-12/h3-4,7,9,11,21H,2,5-6,8H2,1H3,(H2,16,17)/t11-/m0/s1. The Labute approximate surface area is 137 Å². The maximum atomic E-state index is 9.92. The number of nitrogens with two attached hydrogens (primary N) is 1. The summed E-state index contributed by atoms with van der Waals surface area (Å²) in [4.78, 5) is 8.81. The number of nitrogens with zero attached hydrogens (tertiary/aromatic N) is 4. The second-order valence-electron chi connectivity index (χ2n) is 5.25. The van der Waals surface area contributed by atoms with Gasteiger partial charge in [-0.15, -0.1) is 16.4 Å². The second-order valence-corrected chi connectivity index (χ2v) is 6.14. The van der Waals surface area contributed by atoms with Crippen LogP contribution in [0.4, 0.5) is 5.13 Å². The highest BCUT2D eigenvalue weighted by Gasteiger charge is 2.16. The van der Waals surface area contributed by atoms with Crippen LogP contribution in [0, 0.1) is 0 Å². The van der Waals surface area contributed by atoms with Gasteiger partial charge in [0.05, 0.1) is 24.6 Å². The van der Waals surface area contributed by atoms with Crippen molar-refractivity contribution < 1.29 is 9.52 Å². The van der Waals surface area contributed by atoms with Crippen LogP contribution in [0.15, 0.2) is 28.2 Å². The number of aromatic nitrogens is 4. The van der Waals surface area contributed by atoms with Gasteiger partial charge in [-0.25, -0.2) is 14.6 Å². The summed E-state index contributed by atoms with van der Waals surface area (Å²) in [6, 6.07) is 3.62. The van der Waals surface area contributed by atoms with E-state index >= 15 is 0 Å². The molecule has 3 aromatic heterocycles. The van der Waals surface area contributed by atoms with Crippen LogP contribution in [0.25, 0.3) is 11.6 Å². The number of aryl methyl sites for hydroxylation is 2. The summed E-state index contributed by atoms with van der Waals surface area (Å²) in [5.74, 6) is 1.95. The van der Waals surface area contributed by atoms with Crippen LogP contribution in [0.2, 0.25) is 0 Å². The van der Waals surface area contributed by atoms with Crippen molar-refractivity contribution in [1.82, 2.24) is 19.7 Å². The van der Waals surface area contributed by atoms with E-state index in [2.05, 4.69) is 15.1 Å². The van der Waals surface area contributed by atoms with E-state index in [4.69, 9.17) is 10.2 Å². The average Bonchev–Trinajstić information content (AvgIpc) is 3.26. The summed E-state index contributed by atoms with van der Waals surface area (Å²) in [6.07, 6.45) is 3.21. The number of rotatable bonds is 7. The zero-order valence-corrected chi connectivity index (χ0v) is 13.7. The Morgan fingerprint density at radius 2 is 2.26 bits per heavy atom. The molecule has 0 unspecified atom stereocenters. The molecule has 0 bridgehead atoms. The third-order valence-electron chi connectivity index (χ3n) is 3.52. The predicted molar refractivity (Wildman–Crippen MR) is 88.0 cm³/mol. The van der Waals surface area contributed by atoms with Gasteiger partial charge < -0.3 is 15.3 Å². The summed E-state index contributed by atoms with van der Waals surface area (Å²) in [7, 11) is 0. The fourth-order valence-corrected chi connectivity index (χ4v) is 2.82. The molecule has 3 heterocycles. The van der Waals surface area contributed by atoms with Crippen LogP contribution in [0.5, 0.6) is 0 Å². The lowest BCUT2D eigenvalue weighted by Crippen LogP contribution is -2.18. The van der Waals surface area contributed by atoms with Crippen molar-refractivity contribution in [1.29, 1.82) is 0 Å². The van der Waals surface area contributed by atoms with E-state index in [1.165, 1.54) is 11.3 Å². The molecule has 0 fully saturated rings. The normalized spacial score (nSPS) is 12.6. The molecular formula is C15H19N5O2S. The first-order chi connectivity index (χ1) is 11.2. The lowest BCUT2D eigenvalue weighted by Gasteiger charge is -2.09. The van der Waals surface area contributed by atoms with Gasteiger partial charge in [0.25, 0.3) is 0 Å². The predicted octanol–water partition coefficient (Wildman–Crippen LogP) is 2.13. The van der Waals surface area contributed by atoms with Crippen LogP contribution in [0.3, 0.4) is 0 Å². The van der Waals surface area contributed by atoms with E-state index in [1.807, 2.05) is 18.4 Å². The van der Waals surface area contributed by atoms with E-state index in [-0.39, 0.29) is 0 Å². The zero-order valence-electron chi connectivity index (χ0n) is 12.8. The first-order valence-electron chi connectivity index (χ1n) is 7.51. The van der Waals surface area contributed by atoms with Gasteiger partial charge in [-0.1, -0.05) is 6.92 Å². The molecule has 0 spiro atoms. The van der Waals surface area contributed by atoms with Crippen LogP contribution in [-0.4, -0.2) is 31.0 Å². The maximum Gasteiger partial charge on any atom is 0.217 e. The number of anilines is 1. The number of thiazole rings is 1. The van der Waals surface area contributed by atoms with Crippen molar-refractivity contribution in [3.8, 4) is 11.6 Å². The summed E-state index contributed by atoms with van der Waals surface area (Å²) in [5, 5.41) is 16.9. The van der Waals surface area contributed by atoms with Crippen molar-refractivity contribution in [3.63, 3.8) is 0 Å². The van der Waals surface area contributed by atoms with E-state index < -0.39 is 6.10 Å². The van der Waals surface area contributed by atoms with Crippen molar-refractivity contribution in [2.45, 2.75) is 38.8 Å². The highest BCUT2D eigenvalue weighted by Crippen LogP contribution is 2.18. The monoisotopic (exact) mass is 333 g/mol. The van der Waals surface area contributed by atoms with Gasteiger partial charge in [-0.3, -0.25) is 0 Å². The molecule has 3 N–H and O–H groups in total. The van der Waals surface area contributed by atoms with Crippen molar-refractivity contribution in [2.75, 3.05) is 5.73 Å². The molecule has 3 aromatic rings. The SMILES string of the molecule is CC[C@H](O)Cn1nc(-c2ccco2)nc1CCc1csc(N)n1. The Kier molecular flexibility index (Phi) is 4.73. The van der Waals surface area contributed by atoms with Crippen molar-refractivity contribution in [3.05, 3.63) is 35.3 Å². The molecule has 0 aliphatic rings. The molecule has 0 radical (unpaired) electrons. The minimum Gasteiger partial charge on any atom is -0.461 e. The van der Waals surface area contributed by atoms with Crippen molar-refractivity contribution in [2.24, 2.45) is 0 Å². The van der Waals surface area contributed by atoms with Gasteiger partial charge in [-0.2, -0.15) is 0 Å². The minimum atomic E-state index is -0.449. The van der Waals surface area contributed by atoms with Gasteiger partial charge in [0.2, 0.25) is 5.82 Å². The molecular weight excluding hydrogens is 314 g/mol. The molecule has 122 valence electrons. The minimum absolute atomic E-state index is 0.415. The van der Waals surface area contributed by atoms with Crippen LogP contribution in [0.1, 0.15) is 24.9 Å². The fraction of sp³-hybridized carbons (Fsp3) is 0.400. The largest absolute Gasteiger partial charge is 0.461 e. The summed E-state index contributed by atoms with van der Waals surface area (Å²) in [6.45, 7) is 2.35. The highest BCUT2D eigenvalue weighted by atomic mass is 32.1. The maximum absolute atomic E-state index is 9.92. The first kappa shape index (κ1) is 15.7. The first-order valence-corrected chi connectivity index (χ1v) is 8.39. The van der Waals surface area contributed by atoms with Gasteiger partial charge in [0, 0.05) is 11.8 Å².